The summed E-state index contributed by atoms with van der Waals surface area (Å²) in [5.41, 5.74) is 1.92. The Morgan fingerprint density at radius 3 is 2.49 bits per heavy atom. The van der Waals surface area contributed by atoms with Gasteiger partial charge < -0.3 is 9.64 Å². The van der Waals surface area contributed by atoms with E-state index in [0.717, 1.165) is 21.8 Å². The Kier molecular flexibility index (Phi) is 6.55. The first-order chi connectivity index (χ1) is 17.8. The number of hydrogen-bond acceptors (Lipinski definition) is 8. The molecular weight excluding hydrogens is 496 g/mol. The fraction of sp³-hybridized carbons (Fsp3) is 0.154. The molecular formula is C26H22N4O6S. The van der Waals surface area contributed by atoms with Crippen LogP contribution in [-0.4, -0.2) is 54.4 Å². The summed E-state index contributed by atoms with van der Waals surface area (Å²) >= 11 is 0. The molecule has 2 aromatic heterocycles. The van der Waals surface area contributed by atoms with Gasteiger partial charge in [-0.15, -0.1) is 0 Å². The number of nitro groups is 1. The summed E-state index contributed by atoms with van der Waals surface area (Å²) in [7, 11) is -4.09. The summed E-state index contributed by atoms with van der Waals surface area (Å²) < 4.78 is 33.7. The van der Waals surface area contributed by atoms with Gasteiger partial charge in [0.25, 0.3) is 15.7 Å². The van der Waals surface area contributed by atoms with Crippen molar-refractivity contribution < 1.29 is 22.9 Å². The summed E-state index contributed by atoms with van der Waals surface area (Å²) in [6, 6.07) is 15.2. The van der Waals surface area contributed by atoms with Crippen molar-refractivity contribution in [1.29, 1.82) is 0 Å². The molecule has 5 rings (SSSR count). The number of hydrogen-bond donors (Lipinski definition) is 0. The van der Waals surface area contributed by atoms with E-state index in [1.807, 2.05) is 12.1 Å². The minimum atomic E-state index is -4.09. The van der Waals surface area contributed by atoms with Crippen LogP contribution in [0.1, 0.15) is 16.1 Å². The van der Waals surface area contributed by atoms with Gasteiger partial charge in [-0.2, -0.15) is 0 Å². The van der Waals surface area contributed by atoms with Crippen LogP contribution in [0.25, 0.3) is 17.0 Å². The SMILES string of the molecule is O=C(/C=C/c1cn(S(=O)(=O)c2ccc([N+](=O)[O-])cc2)c2ccc(N3CCOCC3)cc12)c1ccccn1. The number of carbonyl (C=O) groups excluding carboxylic acids is 1. The van der Waals surface area contributed by atoms with Gasteiger partial charge in [0.05, 0.1) is 28.5 Å². The summed E-state index contributed by atoms with van der Waals surface area (Å²) in [5, 5.41) is 11.6. The molecule has 0 saturated carbocycles. The van der Waals surface area contributed by atoms with Gasteiger partial charge in [0.1, 0.15) is 5.69 Å². The molecule has 1 saturated heterocycles. The van der Waals surface area contributed by atoms with E-state index in [0.29, 0.717) is 42.8 Å². The van der Waals surface area contributed by atoms with Gasteiger partial charge in [0, 0.05) is 54.3 Å². The average Bonchev–Trinajstić information content (AvgIpc) is 3.31. The van der Waals surface area contributed by atoms with Crippen LogP contribution in [0.15, 0.2) is 84.0 Å². The van der Waals surface area contributed by atoms with Gasteiger partial charge in [0.2, 0.25) is 5.78 Å². The maximum Gasteiger partial charge on any atom is 0.269 e. The maximum absolute atomic E-state index is 13.6. The molecule has 1 aliphatic rings. The number of non-ortho nitro benzene ring substituents is 1. The second-order valence-corrected chi connectivity index (χ2v) is 10.2. The molecule has 2 aromatic carbocycles. The Morgan fingerprint density at radius 1 is 1.05 bits per heavy atom. The van der Waals surface area contributed by atoms with E-state index >= 15 is 0 Å². The second kappa shape index (κ2) is 9.96. The van der Waals surface area contributed by atoms with Gasteiger partial charge in [-0.3, -0.25) is 19.9 Å². The van der Waals surface area contributed by atoms with Crippen LogP contribution < -0.4 is 4.90 Å². The Labute approximate surface area is 212 Å². The highest BCUT2D eigenvalue weighted by atomic mass is 32.2. The molecule has 37 heavy (non-hydrogen) atoms. The zero-order valence-electron chi connectivity index (χ0n) is 19.6. The van der Waals surface area contributed by atoms with Crippen molar-refractivity contribution in [3.05, 3.63) is 101 Å². The number of pyridine rings is 1. The molecule has 10 nitrogen and oxygen atoms in total. The van der Waals surface area contributed by atoms with Crippen LogP contribution in [0.2, 0.25) is 0 Å². The van der Waals surface area contributed by atoms with E-state index in [2.05, 4.69) is 9.88 Å². The van der Waals surface area contributed by atoms with Crippen molar-refractivity contribution in [3.8, 4) is 0 Å². The minimum Gasteiger partial charge on any atom is -0.378 e. The smallest absolute Gasteiger partial charge is 0.269 e. The Balaban J connectivity index is 1.60. The predicted octanol–water partition coefficient (Wildman–Crippen LogP) is 3.91. The number of ether oxygens (including phenoxy) is 1. The zero-order chi connectivity index (χ0) is 26.0. The molecule has 1 fully saturated rings. The summed E-state index contributed by atoms with van der Waals surface area (Å²) in [6.45, 7) is 2.60. The highest BCUT2D eigenvalue weighted by Crippen LogP contribution is 2.31. The predicted molar refractivity (Wildman–Crippen MR) is 138 cm³/mol. The fourth-order valence-corrected chi connectivity index (χ4v) is 5.55. The number of morpholine rings is 1. The van der Waals surface area contributed by atoms with E-state index in [9.17, 15) is 23.3 Å². The lowest BCUT2D eigenvalue weighted by Crippen LogP contribution is -2.36. The third kappa shape index (κ3) is 4.86. The van der Waals surface area contributed by atoms with Crippen LogP contribution in [0, 0.1) is 10.1 Å². The number of allylic oxidation sites excluding steroid dienone is 1. The number of benzene rings is 2. The number of rotatable bonds is 7. The van der Waals surface area contributed by atoms with E-state index in [1.165, 1.54) is 30.6 Å². The first-order valence-electron chi connectivity index (χ1n) is 11.5. The number of carbonyl (C=O) groups is 1. The van der Waals surface area contributed by atoms with E-state index in [-0.39, 0.29) is 22.1 Å². The van der Waals surface area contributed by atoms with E-state index in [4.69, 9.17) is 4.74 Å². The standard InChI is InChI=1S/C26H22N4O6S/c31-26(24-3-1-2-12-27-24)11-4-19-18-29(37(34,35)22-8-5-20(6-9-22)30(32)33)25-10-7-21(17-23(19)25)28-13-15-36-16-14-28/h1-12,17-18H,13-16H2/b11-4+. The monoisotopic (exact) mass is 518 g/mol. The normalized spacial score (nSPS) is 14.3. The average molecular weight is 519 g/mol. The van der Waals surface area contributed by atoms with Crippen molar-refractivity contribution in [3.63, 3.8) is 0 Å². The van der Waals surface area contributed by atoms with Crippen LogP contribution in [0.5, 0.6) is 0 Å². The number of aromatic nitrogens is 2. The molecule has 0 radical (unpaired) electrons. The molecule has 11 heteroatoms. The maximum atomic E-state index is 13.6. The molecule has 3 heterocycles. The third-order valence-electron chi connectivity index (χ3n) is 6.10. The minimum absolute atomic E-state index is 0.0904. The number of fused-ring (bicyclic) bond motifs is 1. The van der Waals surface area contributed by atoms with Gasteiger partial charge in [-0.05, 0) is 54.6 Å². The Bertz CT molecular complexity index is 1610. The Hall–Kier alpha value is -4.35. The van der Waals surface area contributed by atoms with Crippen molar-refractivity contribution in [1.82, 2.24) is 8.96 Å². The lowest BCUT2D eigenvalue weighted by molar-refractivity contribution is -0.384. The van der Waals surface area contributed by atoms with Crippen molar-refractivity contribution in [2.24, 2.45) is 0 Å². The number of nitro benzene ring substituents is 1. The van der Waals surface area contributed by atoms with Gasteiger partial charge in [0.15, 0.2) is 0 Å². The molecule has 0 atom stereocenters. The summed E-state index contributed by atoms with van der Waals surface area (Å²) in [6.07, 6.45) is 5.91. The molecule has 0 bridgehead atoms. The van der Waals surface area contributed by atoms with E-state index in [1.54, 1.807) is 30.3 Å². The van der Waals surface area contributed by atoms with Crippen molar-refractivity contribution in [2.75, 3.05) is 31.2 Å². The summed E-state index contributed by atoms with van der Waals surface area (Å²) in [4.78, 5) is 29.2. The van der Waals surface area contributed by atoms with Gasteiger partial charge in [-0.1, -0.05) is 6.07 Å². The molecule has 1 aliphatic heterocycles. The fourth-order valence-electron chi connectivity index (χ4n) is 4.18. The van der Waals surface area contributed by atoms with Crippen LogP contribution in [0.3, 0.4) is 0 Å². The first kappa shape index (κ1) is 24.3. The van der Waals surface area contributed by atoms with Crippen LogP contribution in [-0.2, 0) is 14.8 Å². The van der Waals surface area contributed by atoms with Gasteiger partial charge >= 0.3 is 0 Å². The number of anilines is 1. The molecule has 0 spiro atoms. The molecule has 4 aromatic rings. The van der Waals surface area contributed by atoms with Crippen molar-refractivity contribution in [2.45, 2.75) is 4.90 Å². The van der Waals surface area contributed by atoms with E-state index < -0.39 is 14.9 Å². The molecule has 0 amide bonds. The van der Waals surface area contributed by atoms with Gasteiger partial charge in [-0.25, -0.2) is 12.4 Å². The second-order valence-electron chi connectivity index (χ2n) is 8.35. The Morgan fingerprint density at radius 2 is 1.81 bits per heavy atom. The summed E-state index contributed by atoms with van der Waals surface area (Å²) in [5.74, 6) is -0.316. The third-order valence-corrected chi connectivity index (χ3v) is 7.78. The van der Waals surface area contributed by atoms with Crippen LogP contribution >= 0.6 is 0 Å². The lowest BCUT2D eigenvalue weighted by atomic mass is 10.1. The number of nitrogens with zero attached hydrogens (tertiary/aromatic N) is 4. The molecule has 188 valence electrons. The first-order valence-corrected chi connectivity index (χ1v) is 12.9. The lowest BCUT2D eigenvalue weighted by Gasteiger charge is -2.29. The molecule has 0 unspecified atom stereocenters. The number of ketones is 1. The highest BCUT2D eigenvalue weighted by molar-refractivity contribution is 7.90. The zero-order valence-corrected chi connectivity index (χ0v) is 20.4. The molecule has 0 aliphatic carbocycles. The van der Waals surface area contributed by atoms with Crippen molar-refractivity contribution >= 4 is 44.2 Å². The topological polar surface area (TPSA) is 125 Å². The largest absolute Gasteiger partial charge is 0.378 e. The molecule has 0 N–H and O–H groups in total. The highest BCUT2D eigenvalue weighted by Gasteiger charge is 2.23. The van der Waals surface area contributed by atoms with Crippen LogP contribution in [0.4, 0.5) is 11.4 Å². The quantitative estimate of drug-likeness (QED) is 0.156.